The Morgan fingerprint density at radius 3 is 1.18 bits per heavy atom. The summed E-state index contributed by atoms with van der Waals surface area (Å²) < 4.78 is 0. The molecule has 1 aromatic carbocycles. The van der Waals surface area contributed by atoms with Crippen LogP contribution in [-0.2, 0) is 26.2 Å². The number of nitrogens with one attached hydrogen (secondary N) is 4. The van der Waals surface area contributed by atoms with Gasteiger partial charge in [0, 0.05) is 37.6 Å². The molecule has 0 fully saturated rings. The monoisotopic (exact) mass is 368 g/mol. The highest BCUT2D eigenvalue weighted by atomic mass is 15.2. The molecule has 4 aliphatic rings. The molecule has 28 heavy (non-hydrogen) atoms. The van der Waals surface area contributed by atoms with Gasteiger partial charge in [-0.2, -0.15) is 0 Å². The molecule has 0 aromatic heterocycles. The number of allylic oxidation sites excluding steroid dienone is 6. The van der Waals surface area contributed by atoms with Gasteiger partial charge in [0.25, 0.3) is 0 Å². The first-order chi connectivity index (χ1) is 13.5. The van der Waals surface area contributed by atoms with E-state index in [4.69, 9.17) is 21.6 Å². The Labute approximate surface area is 163 Å². The van der Waals surface area contributed by atoms with Gasteiger partial charge >= 0.3 is 0 Å². The Balaban J connectivity index is 1.35. The molecular weight excluding hydrogens is 348 g/mol. The van der Waals surface area contributed by atoms with Gasteiger partial charge in [0.2, 0.25) is 0 Å². The molecule has 2 heterocycles. The Hall–Kier alpha value is -3.54. The third-order valence-corrected chi connectivity index (χ3v) is 5.70. The number of nitrogens with zero attached hydrogens (tertiary/aromatic N) is 2. The van der Waals surface area contributed by atoms with Crippen molar-refractivity contribution >= 4 is 22.8 Å². The highest BCUT2D eigenvalue weighted by Crippen LogP contribution is 2.34. The molecule has 0 saturated heterocycles. The second-order valence-corrected chi connectivity index (χ2v) is 7.56. The van der Waals surface area contributed by atoms with Crippen LogP contribution in [0.5, 0.6) is 0 Å². The summed E-state index contributed by atoms with van der Waals surface area (Å²) in [6.45, 7) is 3.29. The summed E-state index contributed by atoms with van der Waals surface area (Å²) in [6, 6.07) is 4.59. The maximum atomic E-state index is 7.88. The van der Waals surface area contributed by atoms with Gasteiger partial charge in [-0.1, -0.05) is 12.1 Å². The first-order valence-electron chi connectivity index (χ1n) is 9.26. The lowest BCUT2D eigenvalue weighted by atomic mass is 10.0. The average molecular weight is 368 g/mol. The number of rotatable bonds is 2. The summed E-state index contributed by atoms with van der Waals surface area (Å²) in [5.41, 5.74) is 8.33. The zero-order valence-electron chi connectivity index (χ0n) is 15.3. The topological polar surface area (TPSA) is 102 Å². The summed E-state index contributed by atoms with van der Waals surface area (Å²) in [5.74, 6) is 0. The van der Waals surface area contributed by atoms with Crippen LogP contribution >= 0.6 is 0 Å². The van der Waals surface area contributed by atoms with Crippen molar-refractivity contribution in [3.05, 3.63) is 82.2 Å². The summed E-state index contributed by atoms with van der Waals surface area (Å²) in [7, 11) is 0. The molecule has 5 rings (SSSR count). The summed E-state index contributed by atoms with van der Waals surface area (Å²) >= 11 is 0. The minimum absolute atomic E-state index is 0.258. The fourth-order valence-corrected chi connectivity index (χ4v) is 4.14. The molecule has 0 radical (unpaired) electrons. The van der Waals surface area contributed by atoms with Gasteiger partial charge in [0.05, 0.1) is 22.8 Å². The predicted molar refractivity (Wildman–Crippen MR) is 110 cm³/mol. The SMILES string of the molecule is N=C1C=CC(N2Cc3cc4c(cc3C2)CN(C2=CC(=N)C(=N)C=C2)C4)=CC1=N. The molecule has 0 atom stereocenters. The van der Waals surface area contributed by atoms with E-state index in [1.165, 1.54) is 22.3 Å². The van der Waals surface area contributed by atoms with Crippen LogP contribution < -0.4 is 0 Å². The van der Waals surface area contributed by atoms with Crippen molar-refractivity contribution < 1.29 is 0 Å². The van der Waals surface area contributed by atoms with E-state index in [-0.39, 0.29) is 22.8 Å². The van der Waals surface area contributed by atoms with Gasteiger partial charge in [-0.05, 0) is 58.7 Å². The molecule has 2 aliphatic carbocycles. The number of hydrogen-bond acceptors (Lipinski definition) is 6. The van der Waals surface area contributed by atoms with Crippen molar-refractivity contribution in [2.75, 3.05) is 0 Å². The minimum atomic E-state index is 0.258. The Bertz CT molecular complexity index is 980. The van der Waals surface area contributed by atoms with E-state index in [0.717, 1.165) is 37.6 Å². The summed E-state index contributed by atoms with van der Waals surface area (Å²) in [6.07, 6.45) is 10.8. The van der Waals surface area contributed by atoms with Crippen LogP contribution in [0.4, 0.5) is 0 Å². The molecule has 6 heteroatoms. The van der Waals surface area contributed by atoms with E-state index in [9.17, 15) is 0 Å². The molecule has 1 aromatic rings. The van der Waals surface area contributed by atoms with E-state index in [1.807, 2.05) is 12.2 Å². The van der Waals surface area contributed by atoms with Crippen molar-refractivity contribution in [3.63, 3.8) is 0 Å². The fraction of sp³-hybridized carbons (Fsp3) is 0.182. The van der Waals surface area contributed by atoms with Crippen molar-refractivity contribution in [1.82, 2.24) is 9.80 Å². The molecule has 0 spiro atoms. The quantitative estimate of drug-likeness (QED) is 0.602. The second-order valence-electron chi connectivity index (χ2n) is 7.56. The summed E-state index contributed by atoms with van der Waals surface area (Å²) in [4.78, 5) is 4.52. The average Bonchev–Trinajstić information content (AvgIpc) is 3.27. The fourth-order valence-electron chi connectivity index (χ4n) is 4.14. The van der Waals surface area contributed by atoms with Crippen LogP contribution in [0.2, 0.25) is 0 Å². The molecule has 0 bridgehead atoms. The smallest absolute Gasteiger partial charge is 0.0809 e. The lowest BCUT2D eigenvalue weighted by molar-refractivity contribution is 0.370. The third kappa shape index (κ3) is 2.65. The largest absolute Gasteiger partial charge is 0.363 e. The number of fused-ring (bicyclic) bond motifs is 2. The van der Waals surface area contributed by atoms with Gasteiger partial charge < -0.3 is 9.80 Å². The van der Waals surface area contributed by atoms with Crippen LogP contribution in [0.25, 0.3) is 0 Å². The van der Waals surface area contributed by atoms with E-state index in [1.54, 1.807) is 24.3 Å². The number of benzene rings is 1. The van der Waals surface area contributed by atoms with Crippen molar-refractivity contribution in [2.24, 2.45) is 0 Å². The van der Waals surface area contributed by atoms with Crippen LogP contribution in [0, 0.1) is 21.6 Å². The van der Waals surface area contributed by atoms with Crippen molar-refractivity contribution in [2.45, 2.75) is 26.2 Å². The van der Waals surface area contributed by atoms with Gasteiger partial charge in [-0.3, -0.25) is 21.6 Å². The predicted octanol–water partition coefficient (Wildman–Crippen LogP) is 3.30. The zero-order valence-corrected chi connectivity index (χ0v) is 15.3. The van der Waals surface area contributed by atoms with Gasteiger partial charge in [-0.15, -0.1) is 0 Å². The Kier molecular flexibility index (Phi) is 3.55. The maximum absolute atomic E-state index is 7.88. The summed E-state index contributed by atoms with van der Waals surface area (Å²) in [5, 5.41) is 31.1. The minimum Gasteiger partial charge on any atom is -0.363 e. The molecule has 2 aliphatic heterocycles. The second kappa shape index (κ2) is 5.99. The molecule has 0 unspecified atom stereocenters. The highest BCUT2D eigenvalue weighted by Gasteiger charge is 2.27. The van der Waals surface area contributed by atoms with Crippen LogP contribution in [0.1, 0.15) is 22.3 Å². The van der Waals surface area contributed by atoms with Gasteiger partial charge in [0.15, 0.2) is 0 Å². The Morgan fingerprint density at radius 1 is 0.500 bits per heavy atom. The maximum Gasteiger partial charge on any atom is 0.0809 e. The lowest BCUT2D eigenvalue weighted by Crippen LogP contribution is -2.21. The first-order valence-corrected chi connectivity index (χ1v) is 9.26. The molecule has 138 valence electrons. The molecular formula is C22H20N6. The first kappa shape index (κ1) is 16.6. The number of hydrogen-bond donors (Lipinski definition) is 4. The normalized spacial score (nSPS) is 20.6. The molecule has 0 amide bonds. The molecule has 4 N–H and O–H groups in total. The van der Waals surface area contributed by atoms with Crippen molar-refractivity contribution in [3.8, 4) is 0 Å². The molecule has 0 saturated carbocycles. The Morgan fingerprint density at radius 2 is 0.857 bits per heavy atom. The van der Waals surface area contributed by atoms with Gasteiger partial charge in [-0.25, -0.2) is 0 Å². The van der Waals surface area contributed by atoms with Crippen molar-refractivity contribution in [1.29, 1.82) is 21.6 Å². The standard InChI is InChI=1S/C22H20N6/c23-19-3-1-17(7-21(19)25)27-9-13-5-15-11-28(12-16(15)6-14(13)10-27)18-2-4-20(24)22(26)8-18/h1-8,23-26H,9-12H2. The van der Waals surface area contributed by atoms with Gasteiger partial charge in [0.1, 0.15) is 0 Å². The van der Waals surface area contributed by atoms with Crippen LogP contribution in [0.15, 0.2) is 60.0 Å². The lowest BCUT2D eigenvalue weighted by Gasteiger charge is -2.22. The highest BCUT2D eigenvalue weighted by molar-refractivity contribution is 6.49. The van der Waals surface area contributed by atoms with E-state index in [0.29, 0.717) is 0 Å². The van der Waals surface area contributed by atoms with E-state index < -0.39 is 0 Å². The van der Waals surface area contributed by atoms with E-state index in [2.05, 4.69) is 21.9 Å². The van der Waals surface area contributed by atoms with Crippen LogP contribution in [0.3, 0.4) is 0 Å². The van der Waals surface area contributed by atoms with Crippen LogP contribution in [-0.4, -0.2) is 32.6 Å². The zero-order chi connectivity index (χ0) is 19.4. The molecule has 6 nitrogen and oxygen atoms in total. The van der Waals surface area contributed by atoms with E-state index >= 15 is 0 Å². The third-order valence-electron chi connectivity index (χ3n) is 5.70.